The summed E-state index contributed by atoms with van der Waals surface area (Å²) in [5, 5.41) is 17.2. The van der Waals surface area contributed by atoms with Crippen LogP contribution in [0.1, 0.15) is 58.6 Å². The lowest BCUT2D eigenvalue weighted by atomic mass is 9.86. The number of halogens is 3. The third-order valence-corrected chi connectivity index (χ3v) is 7.40. The highest BCUT2D eigenvalue weighted by atomic mass is 79.9. The molecule has 12 heteroatoms. The zero-order valence-corrected chi connectivity index (χ0v) is 20.1. The van der Waals surface area contributed by atoms with Gasteiger partial charge in [0, 0.05) is 43.4 Å². The van der Waals surface area contributed by atoms with Gasteiger partial charge in [-0.1, -0.05) is 11.2 Å². The van der Waals surface area contributed by atoms with Crippen LogP contribution in [0.4, 0.5) is 8.78 Å². The fourth-order valence-electron chi connectivity index (χ4n) is 5.01. The summed E-state index contributed by atoms with van der Waals surface area (Å²) in [6.45, 7) is 1.82. The normalized spacial score (nSPS) is 25.1. The fourth-order valence-corrected chi connectivity index (χ4v) is 5.56. The quantitative estimate of drug-likeness (QED) is 0.610. The number of carbonyl (C=O) groups excluding carboxylic acids is 2. The smallest absolute Gasteiger partial charge is 0.274 e. The number of nitrogens with zero attached hydrogens (tertiary/aromatic N) is 3. The number of rotatable bonds is 3. The SMILES string of the molecule is C[C@H]1CC[C@]2(CC(Br)=NO2)[C@H]2CN1C(=O)c1c(O)c(=O)c(C(=O)NCc3ccc(F)cc3F)cn12. The van der Waals surface area contributed by atoms with Gasteiger partial charge in [-0.15, -0.1) is 0 Å². The minimum atomic E-state index is -1.02. The molecule has 0 aliphatic carbocycles. The van der Waals surface area contributed by atoms with Gasteiger partial charge in [0.25, 0.3) is 11.8 Å². The van der Waals surface area contributed by atoms with E-state index in [1.807, 2.05) is 6.92 Å². The molecule has 3 atom stereocenters. The first kappa shape index (κ1) is 23.5. The van der Waals surface area contributed by atoms with Crippen LogP contribution in [0.25, 0.3) is 0 Å². The van der Waals surface area contributed by atoms with Crippen molar-refractivity contribution in [3.63, 3.8) is 0 Å². The number of nitrogens with one attached hydrogen (secondary N) is 1. The summed E-state index contributed by atoms with van der Waals surface area (Å²) in [5.41, 5.74) is -2.48. The predicted octanol–water partition coefficient (Wildman–Crippen LogP) is 2.81. The Bertz CT molecular complexity index is 1350. The van der Waals surface area contributed by atoms with Crippen molar-refractivity contribution in [2.75, 3.05) is 6.54 Å². The van der Waals surface area contributed by atoms with Crippen LogP contribution < -0.4 is 10.7 Å². The molecule has 0 radical (unpaired) electrons. The first-order valence-electron chi connectivity index (χ1n) is 11.0. The zero-order valence-electron chi connectivity index (χ0n) is 18.6. The van der Waals surface area contributed by atoms with Gasteiger partial charge in [-0.25, -0.2) is 8.78 Å². The molecule has 1 aromatic heterocycles. The second-order valence-electron chi connectivity index (χ2n) is 9.06. The summed E-state index contributed by atoms with van der Waals surface area (Å²) in [7, 11) is 0. The van der Waals surface area contributed by atoms with Crippen LogP contribution in [-0.2, 0) is 11.4 Å². The minimum Gasteiger partial charge on any atom is -0.503 e. The van der Waals surface area contributed by atoms with Crippen molar-refractivity contribution in [2.24, 2.45) is 5.16 Å². The van der Waals surface area contributed by atoms with Crippen molar-refractivity contribution in [2.45, 2.75) is 50.4 Å². The van der Waals surface area contributed by atoms with Gasteiger partial charge in [0.15, 0.2) is 17.0 Å². The number of carbonyl (C=O) groups is 2. The summed E-state index contributed by atoms with van der Waals surface area (Å²) >= 11 is 3.37. The van der Waals surface area contributed by atoms with Crippen LogP contribution in [0.15, 0.2) is 34.3 Å². The second-order valence-corrected chi connectivity index (χ2v) is 9.97. The first-order valence-corrected chi connectivity index (χ1v) is 11.8. The number of aromatic hydroxyl groups is 1. The molecule has 2 N–H and O–H groups in total. The van der Waals surface area contributed by atoms with Crippen molar-refractivity contribution >= 4 is 32.4 Å². The van der Waals surface area contributed by atoms with E-state index in [2.05, 4.69) is 26.4 Å². The van der Waals surface area contributed by atoms with Crippen molar-refractivity contribution in [1.29, 1.82) is 0 Å². The Kier molecular flexibility index (Phi) is 5.65. The molecule has 4 heterocycles. The molecule has 9 nitrogen and oxygen atoms in total. The van der Waals surface area contributed by atoms with Gasteiger partial charge in [-0.3, -0.25) is 14.4 Å². The average Bonchev–Trinajstić information content (AvgIpc) is 3.14. The Hall–Kier alpha value is -3.28. The highest BCUT2D eigenvalue weighted by molar-refractivity contribution is 9.18. The van der Waals surface area contributed by atoms with Crippen LogP contribution in [0, 0.1) is 11.6 Å². The van der Waals surface area contributed by atoms with Gasteiger partial charge in [0.1, 0.15) is 21.8 Å². The fraction of sp³-hybridized carbons (Fsp3) is 0.391. The van der Waals surface area contributed by atoms with Crippen molar-refractivity contribution in [1.82, 2.24) is 14.8 Å². The molecule has 2 bridgehead atoms. The third kappa shape index (κ3) is 3.79. The second kappa shape index (κ2) is 8.43. The summed E-state index contributed by atoms with van der Waals surface area (Å²) in [4.78, 5) is 46.5. The van der Waals surface area contributed by atoms with E-state index in [1.54, 1.807) is 4.90 Å². The maximum atomic E-state index is 14.0. The zero-order chi connectivity index (χ0) is 25.1. The molecular weight excluding hydrogens is 530 g/mol. The van der Waals surface area contributed by atoms with E-state index in [0.717, 1.165) is 6.07 Å². The number of hydrogen-bond acceptors (Lipinski definition) is 6. The van der Waals surface area contributed by atoms with E-state index in [4.69, 9.17) is 4.84 Å². The highest BCUT2D eigenvalue weighted by Gasteiger charge is 2.54. The highest BCUT2D eigenvalue weighted by Crippen LogP contribution is 2.46. The van der Waals surface area contributed by atoms with Gasteiger partial charge < -0.3 is 24.7 Å². The maximum Gasteiger partial charge on any atom is 0.274 e. The Morgan fingerprint density at radius 2 is 2.14 bits per heavy atom. The van der Waals surface area contributed by atoms with E-state index in [0.29, 0.717) is 29.9 Å². The molecular formula is C23H21BrF2N4O5. The van der Waals surface area contributed by atoms with Crippen molar-refractivity contribution in [3.8, 4) is 5.75 Å². The van der Waals surface area contributed by atoms with Gasteiger partial charge in [-0.2, -0.15) is 0 Å². The lowest BCUT2D eigenvalue weighted by molar-refractivity contribution is -0.0655. The van der Waals surface area contributed by atoms with Crippen LogP contribution in [0.5, 0.6) is 5.75 Å². The van der Waals surface area contributed by atoms with E-state index in [-0.39, 0.29) is 30.4 Å². The standard InChI is InChI=1S/C23H21BrF2N4O5/c1-11-4-5-23(7-17(24)28-35-23)16-10-29(11)22(34)18-20(32)19(31)14(9-30(16)18)21(33)27-8-12-2-3-13(25)6-15(12)26/h2-3,6,9,11,16,32H,4-5,7-8,10H2,1H3,(H,27,33)/t11-,16+,23-/m0/s1. The number of benzene rings is 1. The first-order chi connectivity index (χ1) is 16.6. The van der Waals surface area contributed by atoms with Gasteiger partial charge in [-0.05, 0) is 41.8 Å². The van der Waals surface area contributed by atoms with Crippen molar-refractivity contribution < 1.29 is 28.3 Å². The minimum absolute atomic E-state index is 0.0194. The summed E-state index contributed by atoms with van der Waals surface area (Å²) in [6, 6.07) is 2.22. The molecule has 2 aromatic rings. The predicted molar refractivity (Wildman–Crippen MR) is 123 cm³/mol. The largest absolute Gasteiger partial charge is 0.503 e. The third-order valence-electron chi connectivity index (χ3n) is 6.97. The summed E-state index contributed by atoms with van der Waals surface area (Å²) in [6.07, 6.45) is 2.83. The molecule has 5 rings (SSSR count). The molecule has 1 saturated heterocycles. The monoisotopic (exact) mass is 550 g/mol. The molecule has 184 valence electrons. The van der Waals surface area contributed by atoms with Gasteiger partial charge in [0.2, 0.25) is 5.43 Å². The summed E-state index contributed by atoms with van der Waals surface area (Å²) < 4.78 is 29.1. The van der Waals surface area contributed by atoms with Crippen molar-refractivity contribution in [3.05, 3.63) is 63.1 Å². The lowest BCUT2D eigenvalue weighted by Crippen LogP contribution is -2.52. The van der Waals surface area contributed by atoms with Gasteiger partial charge >= 0.3 is 0 Å². The molecule has 0 unspecified atom stereocenters. The van der Waals surface area contributed by atoms with Crippen LogP contribution in [0.3, 0.4) is 0 Å². The molecule has 3 aliphatic rings. The molecule has 35 heavy (non-hydrogen) atoms. The van der Waals surface area contributed by atoms with E-state index >= 15 is 0 Å². The Morgan fingerprint density at radius 3 is 2.83 bits per heavy atom. The van der Waals surface area contributed by atoms with Crippen LogP contribution in [-0.4, -0.2) is 49.2 Å². The van der Waals surface area contributed by atoms with E-state index in [1.165, 1.54) is 16.8 Å². The molecule has 1 aromatic carbocycles. The number of aromatic nitrogens is 1. The Labute approximate surface area is 206 Å². The topological polar surface area (TPSA) is 113 Å². The molecule has 1 fully saturated rings. The molecule has 2 amide bonds. The average molecular weight is 551 g/mol. The molecule has 1 spiro atoms. The maximum absolute atomic E-state index is 14.0. The molecule has 0 saturated carbocycles. The lowest BCUT2D eigenvalue weighted by Gasteiger charge is -2.41. The van der Waals surface area contributed by atoms with E-state index < -0.39 is 51.8 Å². The number of amides is 2. The van der Waals surface area contributed by atoms with Gasteiger partial charge in [0.05, 0.1) is 6.04 Å². The van der Waals surface area contributed by atoms with Crippen LogP contribution >= 0.6 is 15.9 Å². The van der Waals surface area contributed by atoms with E-state index in [9.17, 15) is 28.3 Å². The molecule has 3 aliphatic heterocycles. The Balaban J connectivity index is 1.55. The number of pyridine rings is 1. The Morgan fingerprint density at radius 1 is 1.37 bits per heavy atom. The number of fused-ring (bicyclic) bond motifs is 5. The number of hydrogen-bond donors (Lipinski definition) is 2. The number of oxime groups is 1. The summed E-state index contributed by atoms with van der Waals surface area (Å²) in [5.74, 6) is -3.84. The van der Waals surface area contributed by atoms with Crippen LogP contribution in [0.2, 0.25) is 0 Å².